The largest absolute Gasteiger partial charge is 0.389 e. The van der Waals surface area contributed by atoms with E-state index in [9.17, 15) is 9.90 Å². The van der Waals surface area contributed by atoms with Crippen LogP contribution in [0.5, 0.6) is 0 Å². The van der Waals surface area contributed by atoms with Gasteiger partial charge in [0.15, 0.2) is 0 Å². The second-order valence-electron chi connectivity index (χ2n) is 6.29. The summed E-state index contributed by atoms with van der Waals surface area (Å²) in [6, 6.07) is -0.314. The quantitative estimate of drug-likeness (QED) is 0.685. The van der Waals surface area contributed by atoms with Gasteiger partial charge in [0.05, 0.1) is 41.5 Å². The number of aliphatic hydroxyl groups excluding tert-OH is 1. The Kier molecular flexibility index (Phi) is 6.13. The topological polar surface area (TPSA) is 79.8 Å². The molecule has 2 rings (SSSR count). The van der Waals surface area contributed by atoms with Crippen molar-refractivity contribution >= 4 is 17.8 Å². The minimum Gasteiger partial charge on any atom is -0.389 e. The molecule has 2 aliphatic rings. The number of urea groups is 1. The molecule has 1 unspecified atom stereocenters. The highest BCUT2D eigenvalue weighted by Crippen LogP contribution is 2.42. The lowest BCUT2D eigenvalue weighted by Crippen LogP contribution is -2.42. The first-order chi connectivity index (χ1) is 10.8. The van der Waals surface area contributed by atoms with Gasteiger partial charge in [-0.2, -0.15) is 0 Å². The van der Waals surface area contributed by atoms with E-state index in [-0.39, 0.29) is 34.8 Å². The van der Waals surface area contributed by atoms with Gasteiger partial charge in [0.25, 0.3) is 0 Å². The van der Waals surface area contributed by atoms with E-state index in [1.54, 1.807) is 18.0 Å². The van der Waals surface area contributed by atoms with Gasteiger partial charge in [0, 0.05) is 17.5 Å². The number of nitrogens with one attached hydrogen (secondary N) is 2. The minimum absolute atomic E-state index is 0.0110. The zero-order valence-corrected chi connectivity index (χ0v) is 14.9. The second kappa shape index (κ2) is 7.70. The summed E-state index contributed by atoms with van der Waals surface area (Å²) in [6.45, 7) is 12.2. The smallest absolute Gasteiger partial charge is 0.323 e. The van der Waals surface area contributed by atoms with Crippen molar-refractivity contribution in [2.24, 2.45) is 0 Å². The maximum atomic E-state index is 11.3. The molecule has 0 radical (unpaired) electrons. The molecule has 0 aromatic heterocycles. The van der Waals surface area contributed by atoms with Crippen LogP contribution in [0.25, 0.3) is 0 Å². The fourth-order valence-electron chi connectivity index (χ4n) is 2.63. The zero-order valence-electron chi connectivity index (χ0n) is 14.0. The van der Waals surface area contributed by atoms with E-state index in [1.807, 2.05) is 27.7 Å². The van der Waals surface area contributed by atoms with Gasteiger partial charge in [-0.05, 0) is 27.7 Å². The van der Waals surface area contributed by atoms with Gasteiger partial charge in [-0.1, -0.05) is 6.58 Å². The summed E-state index contributed by atoms with van der Waals surface area (Å²) >= 11 is 1.60. The highest BCUT2D eigenvalue weighted by molar-refractivity contribution is 8.01. The van der Waals surface area contributed by atoms with Crippen LogP contribution in [0.15, 0.2) is 24.0 Å². The summed E-state index contributed by atoms with van der Waals surface area (Å²) in [4.78, 5) is 11.3. The first-order valence-corrected chi connectivity index (χ1v) is 8.81. The summed E-state index contributed by atoms with van der Waals surface area (Å²) in [5.74, 6) is 0. The van der Waals surface area contributed by atoms with Crippen molar-refractivity contribution in [3.63, 3.8) is 0 Å². The SMILES string of the molecule is C=C1NC(=O)NC=C1[C@@H]1S[C@H](COC(C)C)C(OC(C)C)[C@@H]1O. The van der Waals surface area contributed by atoms with Crippen molar-refractivity contribution in [2.45, 2.75) is 62.6 Å². The molecule has 6 nitrogen and oxygen atoms in total. The summed E-state index contributed by atoms with van der Waals surface area (Å²) < 4.78 is 11.7. The Bertz CT molecular complexity index is 492. The molecule has 2 heterocycles. The summed E-state index contributed by atoms with van der Waals surface area (Å²) in [7, 11) is 0. The molecular weight excluding hydrogens is 316 g/mol. The van der Waals surface area contributed by atoms with E-state index in [4.69, 9.17) is 9.47 Å². The molecule has 23 heavy (non-hydrogen) atoms. The fourth-order valence-corrected chi connectivity index (χ4v) is 4.22. The van der Waals surface area contributed by atoms with Gasteiger partial charge in [0.1, 0.15) is 0 Å². The first-order valence-electron chi connectivity index (χ1n) is 7.87. The molecule has 130 valence electrons. The van der Waals surface area contributed by atoms with Crippen LogP contribution >= 0.6 is 11.8 Å². The molecular formula is C16H26N2O4S. The Morgan fingerprint density at radius 1 is 1.35 bits per heavy atom. The Morgan fingerprint density at radius 3 is 2.61 bits per heavy atom. The van der Waals surface area contributed by atoms with E-state index in [0.29, 0.717) is 12.3 Å². The molecule has 0 aromatic carbocycles. The fraction of sp³-hybridized carbons (Fsp3) is 0.688. The molecule has 2 aliphatic heterocycles. The lowest BCUT2D eigenvalue weighted by atomic mass is 10.00. The molecule has 0 saturated carbocycles. The number of thioether (sulfide) groups is 1. The Balaban J connectivity index is 2.15. The zero-order chi connectivity index (χ0) is 17.1. The predicted molar refractivity (Wildman–Crippen MR) is 91.2 cm³/mol. The Labute approximate surface area is 141 Å². The monoisotopic (exact) mass is 342 g/mol. The van der Waals surface area contributed by atoms with Crippen LogP contribution in [0, 0.1) is 0 Å². The lowest BCUT2D eigenvalue weighted by Gasteiger charge is -2.26. The van der Waals surface area contributed by atoms with Crippen LogP contribution in [0.2, 0.25) is 0 Å². The number of carbonyl (C=O) groups is 1. The third kappa shape index (κ3) is 4.50. The lowest BCUT2D eigenvalue weighted by molar-refractivity contribution is -0.0675. The average Bonchev–Trinajstić information content (AvgIpc) is 2.73. The normalized spacial score (nSPS) is 31.3. The maximum absolute atomic E-state index is 11.3. The molecule has 1 fully saturated rings. The van der Waals surface area contributed by atoms with E-state index in [0.717, 1.165) is 5.57 Å². The van der Waals surface area contributed by atoms with Gasteiger partial charge in [-0.3, -0.25) is 0 Å². The summed E-state index contributed by atoms with van der Waals surface area (Å²) in [5.41, 5.74) is 1.30. The summed E-state index contributed by atoms with van der Waals surface area (Å²) in [5, 5.41) is 15.8. The highest BCUT2D eigenvalue weighted by Gasteiger charge is 2.47. The molecule has 2 amide bonds. The van der Waals surface area contributed by atoms with Crippen molar-refractivity contribution in [3.8, 4) is 0 Å². The third-order valence-corrected chi connectivity index (χ3v) is 5.22. The van der Waals surface area contributed by atoms with E-state index < -0.39 is 6.10 Å². The van der Waals surface area contributed by atoms with Gasteiger partial charge in [-0.25, -0.2) is 4.79 Å². The van der Waals surface area contributed by atoms with Crippen molar-refractivity contribution < 1.29 is 19.4 Å². The van der Waals surface area contributed by atoms with Crippen molar-refractivity contribution in [2.75, 3.05) is 6.61 Å². The van der Waals surface area contributed by atoms with Gasteiger partial charge in [-0.15, -0.1) is 11.8 Å². The van der Waals surface area contributed by atoms with Crippen LogP contribution in [0.3, 0.4) is 0 Å². The van der Waals surface area contributed by atoms with Crippen LogP contribution in [-0.4, -0.2) is 52.7 Å². The Morgan fingerprint density at radius 2 is 2.04 bits per heavy atom. The highest BCUT2D eigenvalue weighted by atomic mass is 32.2. The van der Waals surface area contributed by atoms with Crippen molar-refractivity contribution in [3.05, 3.63) is 24.0 Å². The third-order valence-electron chi connectivity index (χ3n) is 3.64. The predicted octanol–water partition coefficient (Wildman–Crippen LogP) is 1.76. The van der Waals surface area contributed by atoms with E-state index in [2.05, 4.69) is 17.2 Å². The van der Waals surface area contributed by atoms with E-state index in [1.165, 1.54) is 0 Å². The molecule has 0 aromatic rings. The minimum atomic E-state index is -0.692. The number of aliphatic hydroxyl groups is 1. The van der Waals surface area contributed by atoms with Crippen LogP contribution in [0.4, 0.5) is 4.79 Å². The van der Waals surface area contributed by atoms with Crippen LogP contribution in [0.1, 0.15) is 27.7 Å². The van der Waals surface area contributed by atoms with Gasteiger partial charge in [0.2, 0.25) is 0 Å². The molecule has 7 heteroatoms. The van der Waals surface area contributed by atoms with Gasteiger partial charge < -0.3 is 25.2 Å². The first kappa shape index (κ1) is 18.3. The number of allylic oxidation sites excluding steroid dienone is 1. The standard InChI is InChI=1S/C16H26N2O4S/c1-8(2)21-7-12-14(22-9(3)4)13(19)15(23-12)11-6-17-16(20)18-10(11)5/h6,8-9,12-15,19H,5,7H2,1-4H3,(H2,17,18,20)/t12-,13+,14?,15+/m1/s1. The number of hydrogen-bond acceptors (Lipinski definition) is 5. The molecule has 0 spiro atoms. The number of amides is 2. The van der Waals surface area contributed by atoms with Crippen molar-refractivity contribution in [1.29, 1.82) is 0 Å². The van der Waals surface area contributed by atoms with Crippen molar-refractivity contribution in [1.82, 2.24) is 10.6 Å². The molecule has 3 N–H and O–H groups in total. The average molecular weight is 342 g/mol. The number of rotatable bonds is 6. The van der Waals surface area contributed by atoms with Crippen LogP contribution < -0.4 is 10.6 Å². The van der Waals surface area contributed by atoms with E-state index >= 15 is 0 Å². The van der Waals surface area contributed by atoms with Gasteiger partial charge >= 0.3 is 6.03 Å². The molecule has 0 aliphatic carbocycles. The molecule has 1 saturated heterocycles. The maximum Gasteiger partial charge on any atom is 0.323 e. The molecule has 0 bridgehead atoms. The number of carbonyl (C=O) groups excluding carboxylic acids is 1. The Hall–Kier alpha value is -1.02. The van der Waals surface area contributed by atoms with Crippen LogP contribution in [-0.2, 0) is 9.47 Å². The second-order valence-corrected chi connectivity index (χ2v) is 7.68. The number of hydrogen-bond donors (Lipinski definition) is 3. The number of ether oxygens (including phenoxy) is 2. The molecule has 4 atom stereocenters. The summed E-state index contributed by atoms with van der Waals surface area (Å²) in [6.07, 6.45) is 0.728.